The predicted octanol–water partition coefficient (Wildman–Crippen LogP) is 1.92. The molecule has 31 heavy (non-hydrogen) atoms. The average Bonchev–Trinajstić information content (AvgIpc) is 2.78. The first kappa shape index (κ1) is 23.5. The van der Waals surface area contributed by atoms with Gasteiger partial charge in [-0.25, -0.2) is 5.43 Å². The molecule has 166 valence electrons. The van der Waals surface area contributed by atoms with E-state index in [0.29, 0.717) is 41.5 Å². The quantitative estimate of drug-likeness (QED) is 0.321. The maximum Gasteiger partial charge on any atom is 0.249 e. The monoisotopic (exact) mass is 429 g/mol. The van der Waals surface area contributed by atoms with Crippen molar-refractivity contribution in [2.45, 2.75) is 12.8 Å². The van der Waals surface area contributed by atoms with Gasteiger partial charge in [0.15, 0.2) is 11.5 Å². The highest BCUT2D eigenvalue weighted by Gasteiger charge is 2.09. The van der Waals surface area contributed by atoms with Crippen LogP contribution in [0.3, 0.4) is 0 Å². The molecule has 0 heterocycles. The van der Waals surface area contributed by atoms with Crippen LogP contribution in [0.2, 0.25) is 0 Å². The summed E-state index contributed by atoms with van der Waals surface area (Å²) in [5.74, 6) is 1.53. The maximum atomic E-state index is 12.0. The van der Waals surface area contributed by atoms with Gasteiger partial charge < -0.3 is 24.3 Å². The van der Waals surface area contributed by atoms with E-state index in [1.807, 2.05) is 12.1 Å². The van der Waals surface area contributed by atoms with Crippen molar-refractivity contribution < 1.29 is 28.5 Å². The number of hydrogen-bond donors (Lipinski definition) is 2. The van der Waals surface area contributed by atoms with E-state index in [2.05, 4.69) is 15.8 Å². The third-order valence-corrected chi connectivity index (χ3v) is 4.34. The van der Waals surface area contributed by atoms with Crippen molar-refractivity contribution in [2.24, 2.45) is 5.10 Å². The van der Waals surface area contributed by atoms with Crippen molar-refractivity contribution in [1.82, 2.24) is 10.7 Å². The molecule has 0 aromatic heterocycles. The van der Waals surface area contributed by atoms with Gasteiger partial charge in [0.2, 0.25) is 11.8 Å². The molecule has 0 radical (unpaired) electrons. The zero-order valence-electron chi connectivity index (χ0n) is 18.1. The van der Waals surface area contributed by atoms with Crippen molar-refractivity contribution >= 4 is 18.0 Å². The van der Waals surface area contributed by atoms with Crippen LogP contribution in [0, 0.1) is 0 Å². The average molecular weight is 429 g/mol. The molecule has 0 saturated carbocycles. The molecule has 0 aliphatic carbocycles. The summed E-state index contributed by atoms with van der Waals surface area (Å²) in [4.78, 5) is 23.9. The summed E-state index contributed by atoms with van der Waals surface area (Å²) in [7, 11) is 6.22. The van der Waals surface area contributed by atoms with Gasteiger partial charge in [0, 0.05) is 18.2 Å². The molecule has 0 aliphatic heterocycles. The number of hydrogen-bond acceptors (Lipinski definition) is 7. The van der Waals surface area contributed by atoms with Gasteiger partial charge in [-0.05, 0) is 36.2 Å². The summed E-state index contributed by atoms with van der Waals surface area (Å²) >= 11 is 0. The van der Waals surface area contributed by atoms with Crippen LogP contribution >= 0.6 is 0 Å². The van der Waals surface area contributed by atoms with Crippen LogP contribution in [0.4, 0.5) is 0 Å². The topological polar surface area (TPSA) is 107 Å². The Morgan fingerprint density at radius 1 is 0.871 bits per heavy atom. The summed E-state index contributed by atoms with van der Waals surface area (Å²) in [5, 5.41) is 6.58. The second-order valence-electron chi connectivity index (χ2n) is 6.37. The zero-order chi connectivity index (χ0) is 22.6. The minimum absolute atomic E-state index is 0.330. The standard InChI is InChI=1S/C22H27N3O6/c1-28-17-7-6-16(19(12-17)30-3)14-24-25-22(27)13-21(26)23-10-9-15-5-8-18(29-2)20(11-15)31-4/h5-8,11-12,14H,9-10,13H2,1-4H3,(H,23,26)(H,25,27)/b24-14-. The molecule has 0 bridgehead atoms. The third-order valence-electron chi connectivity index (χ3n) is 4.34. The van der Waals surface area contributed by atoms with Gasteiger partial charge in [-0.1, -0.05) is 6.07 Å². The largest absolute Gasteiger partial charge is 0.497 e. The van der Waals surface area contributed by atoms with E-state index in [9.17, 15) is 9.59 Å². The Morgan fingerprint density at radius 3 is 2.29 bits per heavy atom. The van der Waals surface area contributed by atoms with E-state index in [1.54, 1.807) is 45.6 Å². The Balaban J connectivity index is 1.77. The number of amides is 2. The normalized spacial score (nSPS) is 10.5. The first-order valence-electron chi connectivity index (χ1n) is 9.52. The minimum Gasteiger partial charge on any atom is -0.497 e. The summed E-state index contributed by atoms with van der Waals surface area (Å²) in [6, 6.07) is 10.7. The Labute approximate surface area is 181 Å². The second kappa shape index (κ2) is 12.1. The number of nitrogens with one attached hydrogen (secondary N) is 2. The lowest BCUT2D eigenvalue weighted by Crippen LogP contribution is -2.31. The van der Waals surface area contributed by atoms with E-state index in [0.717, 1.165) is 5.56 Å². The van der Waals surface area contributed by atoms with Gasteiger partial charge in [-0.3, -0.25) is 9.59 Å². The van der Waals surface area contributed by atoms with Crippen LogP contribution < -0.4 is 29.7 Å². The van der Waals surface area contributed by atoms with Crippen molar-refractivity contribution in [3.05, 3.63) is 47.5 Å². The fourth-order valence-electron chi connectivity index (χ4n) is 2.73. The second-order valence-corrected chi connectivity index (χ2v) is 6.37. The lowest BCUT2D eigenvalue weighted by molar-refractivity contribution is -0.129. The van der Waals surface area contributed by atoms with Gasteiger partial charge in [0.25, 0.3) is 0 Å². The molecule has 0 saturated heterocycles. The molecule has 2 rings (SSSR count). The molecule has 2 amide bonds. The number of rotatable bonds is 11. The van der Waals surface area contributed by atoms with Crippen LogP contribution in [0.1, 0.15) is 17.5 Å². The van der Waals surface area contributed by atoms with Gasteiger partial charge in [-0.15, -0.1) is 0 Å². The first-order valence-corrected chi connectivity index (χ1v) is 9.52. The van der Waals surface area contributed by atoms with Crippen molar-refractivity contribution in [3.63, 3.8) is 0 Å². The number of benzene rings is 2. The third kappa shape index (κ3) is 7.22. The van der Waals surface area contributed by atoms with E-state index in [4.69, 9.17) is 18.9 Å². The molecule has 2 aromatic carbocycles. The van der Waals surface area contributed by atoms with Crippen LogP contribution in [0.5, 0.6) is 23.0 Å². The van der Waals surface area contributed by atoms with E-state index < -0.39 is 11.8 Å². The van der Waals surface area contributed by atoms with Crippen molar-refractivity contribution in [1.29, 1.82) is 0 Å². The number of ether oxygens (including phenoxy) is 4. The highest BCUT2D eigenvalue weighted by molar-refractivity contribution is 5.97. The Bertz CT molecular complexity index is 929. The SMILES string of the molecule is COc1ccc(/C=N\NC(=O)CC(=O)NCCc2ccc(OC)c(OC)c2)c(OC)c1. The fourth-order valence-corrected chi connectivity index (χ4v) is 2.73. The molecule has 0 atom stereocenters. The molecule has 0 unspecified atom stereocenters. The van der Waals surface area contributed by atoms with E-state index >= 15 is 0 Å². The van der Waals surface area contributed by atoms with Gasteiger partial charge >= 0.3 is 0 Å². The number of carbonyl (C=O) groups is 2. The molecule has 9 nitrogen and oxygen atoms in total. The summed E-state index contributed by atoms with van der Waals surface area (Å²) in [6.07, 6.45) is 1.69. The van der Waals surface area contributed by atoms with Gasteiger partial charge in [-0.2, -0.15) is 5.10 Å². The van der Waals surface area contributed by atoms with E-state index in [-0.39, 0.29) is 6.42 Å². The van der Waals surface area contributed by atoms with Crippen LogP contribution in [-0.4, -0.2) is 53.0 Å². The molecule has 2 N–H and O–H groups in total. The van der Waals surface area contributed by atoms with Gasteiger partial charge in [0.1, 0.15) is 17.9 Å². The Hall–Kier alpha value is -3.75. The van der Waals surface area contributed by atoms with Gasteiger partial charge in [0.05, 0.1) is 34.7 Å². The zero-order valence-corrected chi connectivity index (χ0v) is 18.1. The smallest absolute Gasteiger partial charge is 0.249 e. The molecule has 9 heteroatoms. The van der Waals surface area contributed by atoms with Crippen LogP contribution in [-0.2, 0) is 16.0 Å². The predicted molar refractivity (Wildman–Crippen MR) is 116 cm³/mol. The maximum absolute atomic E-state index is 12.0. The molecule has 0 fully saturated rings. The van der Waals surface area contributed by atoms with Crippen LogP contribution in [0.25, 0.3) is 0 Å². The minimum atomic E-state index is -0.521. The first-order chi connectivity index (χ1) is 15.0. The fraction of sp³-hybridized carbons (Fsp3) is 0.318. The molecule has 0 aliphatic rings. The lowest BCUT2D eigenvalue weighted by atomic mass is 10.1. The highest BCUT2D eigenvalue weighted by Crippen LogP contribution is 2.27. The number of hydrazone groups is 1. The molecule has 0 spiro atoms. The Kier molecular flexibility index (Phi) is 9.15. The number of nitrogens with zero attached hydrogens (tertiary/aromatic N) is 1. The van der Waals surface area contributed by atoms with Crippen molar-refractivity contribution in [3.8, 4) is 23.0 Å². The number of carbonyl (C=O) groups excluding carboxylic acids is 2. The summed E-state index contributed by atoms with van der Waals surface area (Å²) < 4.78 is 20.8. The lowest BCUT2D eigenvalue weighted by Gasteiger charge is -2.10. The highest BCUT2D eigenvalue weighted by atomic mass is 16.5. The number of methoxy groups -OCH3 is 4. The molecule has 2 aromatic rings. The Morgan fingerprint density at radius 2 is 1.61 bits per heavy atom. The van der Waals surface area contributed by atoms with Crippen LogP contribution in [0.15, 0.2) is 41.5 Å². The summed E-state index contributed by atoms with van der Waals surface area (Å²) in [5.41, 5.74) is 3.96. The summed E-state index contributed by atoms with van der Waals surface area (Å²) in [6.45, 7) is 0.383. The molecular weight excluding hydrogens is 402 g/mol. The van der Waals surface area contributed by atoms with E-state index in [1.165, 1.54) is 13.3 Å². The van der Waals surface area contributed by atoms with Crippen molar-refractivity contribution in [2.75, 3.05) is 35.0 Å². The molecular formula is C22H27N3O6.